The maximum Gasteiger partial charge on any atom is 0.143 e. The molecule has 0 aromatic heterocycles. The molecule has 0 saturated carbocycles. The van der Waals surface area contributed by atoms with Crippen molar-refractivity contribution in [3.8, 4) is 5.75 Å². The Kier molecular flexibility index (Phi) is 3.84. The number of hydrogen-bond donors (Lipinski definition) is 1. The molecule has 0 radical (unpaired) electrons. The average molecular weight is 252 g/mol. The minimum atomic E-state index is 0.479. The predicted molar refractivity (Wildman–Crippen MR) is 74.2 cm³/mol. The van der Waals surface area contributed by atoms with Gasteiger partial charge in [0.1, 0.15) is 5.75 Å². The van der Waals surface area contributed by atoms with Crippen LogP contribution in [-0.2, 0) is 0 Å². The molecule has 0 saturated heterocycles. The number of rotatable bonds is 3. The van der Waals surface area contributed by atoms with Crippen LogP contribution in [0.3, 0.4) is 0 Å². The first kappa shape index (κ1) is 12.6. The van der Waals surface area contributed by atoms with Gasteiger partial charge in [0.05, 0.1) is 12.8 Å². The van der Waals surface area contributed by atoms with Gasteiger partial charge < -0.3 is 15.4 Å². The minimum Gasteiger partial charge on any atom is -0.495 e. The van der Waals surface area contributed by atoms with E-state index in [4.69, 9.17) is 10.5 Å². The highest BCUT2D eigenvalue weighted by atomic mass is 32.2. The third-order valence-electron chi connectivity index (χ3n) is 3.41. The van der Waals surface area contributed by atoms with Crippen molar-refractivity contribution in [1.82, 2.24) is 0 Å². The molecule has 1 heterocycles. The summed E-state index contributed by atoms with van der Waals surface area (Å²) >= 11 is 1.92. The Hall–Kier alpha value is -0.870. The van der Waals surface area contributed by atoms with Crippen LogP contribution in [0.1, 0.15) is 13.3 Å². The third kappa shape index (κ3) is 2.24. The van der Waals surface area contributed by atoms with Gasteiger partial charge in [-0.2, -0.15) is 0 Å². The average Bonchev–Trinajstić information content (AvgIpc) is 2.35. The number of anilines is 1. The monoisotopic (exact) mass is 252 g/mol. The largest absolute Gasteiger partial charge is 0.495 e. The number of nitrogens with zero attached hydrogens (tertiary/aromatic N) is 1. The fraction of sp³-hybridized carbons (Fsp3) is 0.538. The second kappa shape index (κ2) is 5.19. The molecular formula is C13H20N2OS. The van der Waals surface area contributed by atoms with Gasteiger partial charge in [-0.1, -0.05) is 6.07 Å². The van der Waals surface area contributed by atoms with Crippen LogP contribution in [0.5, 0.6) is 5.75 Å². The third-order valence-corrected chi connectivity index (χ3v) is 4.93. The molecule has 3 nitrogen and oxygen atoms in total. The van der Waals surface area contributed by atoms with E-state index in [0.29, 0.717) is 11.3 Å². The van der Waals surface area contributed by atoms with Crippen molar-refractivity contribution in [2.24, 2.45) is 5.73 Å². The smallest absolute Gasteiger partial charge is 0.143 e. The van der Waals surface area contributed by atoms with Crippen LogP contribution in [0.15, 0.2) is 23.1 Å². The normalized spacial score (nSPS) is 23.4. The van der Waals surface area contributed by atoms with Gasteiger partial charge >= 0.3 is 0 Å². The lowest BCUT2D eigenvalue weighted by molar-refractivity contribution is 0.411. The van der Waals surface area contributed by atoms with E-state index in [1.807, 2.05) is 23.9 Å². The van der Waals surface area contributed by atoms with E-state index in [0.717, 1.165) is 18.7 Å². The lowest BCUT2D eigenvalue weighted by Gasteiger charge is -2.39. The first-order valence-electron chi connectivity index (χ1n) is 5.95. The molecule has 1 aromatic rings. The molecule has 2 N–H and O–H groups in total. The summed E-state index contributed by atoms with van der Waals surface area (Å²) in [4.78, 5) is 3.61. The summed E-state index contributed by atoms with van der Waals surface area (Å²) in [6.45, 7) is 3.00. The second-order valence-electron chi connectivity index (χ2n) is 4.39. The minimum absolute atomic E-state index is 0.479. The second-order valence-corrected chi connectivity index (χ2v) is 5.67. The van der Waals surface area contributed by atoms with Crippen LogP contribution in [0.4, 0.5) is 5.69 Å². The van der Waals surface area contributed by atoms with Gasteiger partial charge in [-0.05, 0) is 32.0 Å². The number of fused-ring (bicyclic) bond motifs is 1. The SMILES string of the molecule is COc1cccc2c1N(C)C(C)C(CCN)S2. The molecule has 17 heavy (non-hydrogen) atoms. The Bertz CT molecular complexity index is 397. The Morgan fingerprint density at radius 2 is 2.24 bits per heavy atom. The van der Waals surface area contributed by atoms with Crippen LogP contribution in [0.2, 0.25) is 0 Å². The Balaban J connectivity index is 2.38. The van der Waals surface area contributed by atoms with Crippen molar-refractivity contribution in [1.29, 1.82) is 0 Å². The molecule has 0 aliphatic carbocycles. The molecule has 0 spiro atoms. The fourth-order valence-electron chi connectivity index (χ4n) is 2.29. The first-order chi connectivity index (χ1) is 8.19. The van der Waals surface area contributed by atoms with E-state index >= 15 is 0 Å². The van der Waals surface area contributed by atoms with E-state index in [9.17, 15) is 0 Å². The molecule has 0 amide bonds. The Morgan fingerprint density at radius 3 is 2.88 bits per heavy atom. The summed E-state index contributed by atoms with van der Waals surface area (Å²) in [6, 6.07) is 6.71. The lowest BCUT2D eigenvalue weighted by Crippen LogP contribution is -2.41. The van der Waals surface area contributed by atoms with Crippen LogP contribution >= 0.6 is 11.8 Å². The topological polar surface area (TPSA) is 38.5 Å². The molecule has 2 unspecified atom stereocenters. The molecule has 0 fully saturated rings. The zero-order valence-electron chi connectivity index (χ0n) is 10.6. The maximum absolute atomic E-state index is 5.69. The summed E-state index contributed by atoms with van der Waals surface area (Å²) in [5, 5.41) is 0.560. The van der Waals surface area contributed by atoms with Gasteiger partial charge in [0.15, 0.2) is 0 Å². The molecule has 1 aliphatic heterocycles. The number of para-hydroxylation sites is 1. The molecule has 94 valence electrons. The van der Waals surface area contributed by atoms with E-state index in [1.165, 1.54) is 10.6 Å². The summed E-state index contributed by atoms with van der Waals surface area (Å²) < 4.78 is 5.45. The molecule has 0 bridgehead atoms. The maximum atomic E-state index is 5.69. The van der Waals surface area contributed by atoms with Gasteiger partial charge in [0.2, 0.25) is 0 Å². The molecular weight excluding hydrogens is 232 g/mol. The first-order valence-corrected chi connectivity index (χ1v) is 6.83. The summed E-state index contributed by atoms with van der Waals surface area (Å²) in [6.07, 6.45) is 1.05. The van der Waals surface area contributed by atoms with Gasteiger partial charge in [-0.15, -0.1) is 11.8 Å². The highest BCUT2D eigenvalue weighted by molar-refractivity contribution is 8.00. The van der Waals surface area contributed by atoms with E-state index < -0.39 is 0 Å². The van der Waals surface area contributed by atoms with Crippen molar-refractivity contribution in [2.75, 3.05) is 25.6 Å². The van der Waals surface area contributed by atoms with E-state index in [2.05, 4.69) is 24.9 Å². The van der Waals surface area contributed by atoms with Gasteiger partial charge in [0, 0.05) is 23.2 Å². The summed E-state index contributed by atoms with van der Waals surface area (Å²) in [5.41, 5.74) is 6.90. The van der Waals surface area contributed by atoms with Crippen molar-refractivity contribution >= 4 is 17.4 Å². The van der Waals surface area contributed by atoms with Crippen LogP contribution in [0.25, 0.3) is 0 Å². The van der Waals surface area contributed by atoms with Crippen molar-refractivity contribution in [3.05, 3.63) is 18.2 Å². The van der Waals surface area contributed by atoms with Crippen molar-refractivity contribution in [2.45, 2.75) is 29.5 Å². The number of thioether (sulfide) groups is 1. The van der Waals surface area contributed by atoms with Crippen LogP contribution < -0.4 is 15.4 Å². The standard InChI is InChI=1S/C13H20N2OS/c1-9-11(7-8-14)17-12-6-4-5-10(16-3)13(12)15(9)2/h4-6,9,11H,7-8,14H2,1-3H3. The van der Waals surface area contributed by atoms with E-state index in [1.54, 1.807) is 7.11 Å². The van der Waals surface area contributed by atoms with Crippen LogP contribution in [-0.4, -0.2) is 32.0 Å². The lowest BCUT2D eigenvalue weighted by atomic mass is 10.1. The van der Waals surface area contributed by atoms with Gasteiger partial charge in [-0.3, -0.25) is 0 Å². The summed E-state index contributed by atoms with van der Waals surface area (Å²) in [5.74, 6) is 0.954. The van der Waals surface area contributed by atoms with Crippen LogP contribution in [0, 0.1) is 0 Å². The molecule has 1 aliphatic rings. The number of benzene rings is 1. The number of hydrogen-bond acceptors (Lipinski definition) is 4. The van der Waals surface area contributed by atoms with Gasteiger partial charge in [-0.25, -0.2) is 0 Å². The number of ether oxygens (including phenoxy) is 1. The molecule has 4 heteroatoms. The number of methoxy groups -OCH3 is 1. The van der Waals surface area contributed by atoms with Crippen molar-refractivity contribution in [3.63, 3.8) is 0 Å². The quantitative estimate of drug-likeness (QED) is 0.896. The molecule has 2 rings (SSSR count). The molecule has 1 aromatic carbocycles. The fourth-order valence-corrected chi connectivity index (χ4v) is 3.76. The number of nitrogens with two attached hydrogens (primary N) is 1. The van der Waals surface area contributed by atoms with E-state index in [-0.39, 0.29) is 0 Å². The highest BCUT2D eigenvalue weighted by Gasteiger charge is 2.31. The zero-order valence-corrected chi connectivity index (χ0v) is 11.5. The van der Waals surface area contributed by atoms with Crippen molar-refractivity contribution < 1.29 is 4.74 Å². The predicted octanol–water partition coefficient (Wildman–Crippen LogP) is 2.34. The highest BCUT2D eigenvalue weighted by Crippen LogP contribution is 2.46. The molecule has 2 atom stereocenters. The summed E-state index contributed by atoms with van der Waals surface area (Å²) in [7, 11) is 3.86. The van der Waals surface area contributed by atoms with Gasteiger partial charge in [0.25, 0.3) is 0 Å². The Morgan fingerprint density at radius 1 is 1.47 bits per heavy atom. The Labute approximate surface area is 107 Å². The zero-order chi connectivity index (χ0) is 12.4.